The molecule has 0 radical (unpaired) electrons. The average Bonchev–Trinajstić information content (AvgIpc) is 3.37. The molecule has 4 rings (SSSR count). The summed E-state index contributed by atoms with van der Waals surface area (Å²) in [7, 11) is -4.01. The first-order chi connectivity index (χ1) is 12.4. The summed E-state index contributed by atoms with van der Waals surface area (Å²) in [5.41, 5.74) is 0. The normalized spacial score (nSPS) is 22.2. The molecular weight excluding hydrogens is 360 g/mol. The van der Waals surface area contributed by atoms with E-state index in [0.717, 1.165) is 12.8 Å². The molecule has 1 atom stereocenters. The Bertz CT molecular complexity index is 849. The first-order valence-corrected chi connectivity index (χ1v) is 10.2. The molecule has 2 fully saturated rings. The summed E-state index contributed by atoms with van der Waals surface area (Å²) in [5.74, 6) is -0.113. The van der Waals surface area contributed by atoms with Crippen molar-refractivity contribution in [2.24, 2.45) is 11.8 Å². The second kappa shape index (κ2) is 6.46. The lowest BCUT2D eigenvalue weighted by Gasteiger charge is -2.32. The summed E-state index contributed by atoms with van der Waals surface area (Å²) in [4.78, 5) is 26.3. The van der Waals surface area contributed by atoms with Gasteiger partial charge in [-0.15, -0.1) is 0 Å². The molecule has 2 aliphatic heterocycles. The van der Waals surface area contributed by atoms with Crippen LogP contribution < -0.4 is 14.2 Å². The molecule has 1 aliphatic carbocycles. The van der Waals surface area contributed by atoms with Crippen LogP contribution in [-0.2, 0) is 19.6 Å². The number of hydrogen-bond acceptors (Lipinski definition) is 6. The lowest BCUT2D eigenvalue weighted by atomic mass is 9.97. The first kappa shape index (κ1) is 17.1. The number of rotatable bonds is 4. The van der Waals surface area contributed by atoms with Gasteiger partial charge in [0.05, 0.1) is 10.8 Å². The fourth-order valence-electron chi connectivity index (χ4n) is 3.30. The maximum atomic E-state index is 12.5. The van der Waals surface area contributed by atoms with E-state index >= 15 is 0 Å². The second-order valence-corrected chi connectivity index (χ2v) is 8.56. The number of nitrogens with one attached hydrogen (secondary N) is 1. The number of hydrogen-bond donors (Lipinski definition) is 1. The fourth-order valence-corrected chi connectivity index (χ4v) is 4.36. The Hall–Kier alpha value is -2.29. The SMILES string of the molecule is O=C(NS(=O)(=O)c1ccc2c(c1)OCO2)C1CCCN(C(=O)C2CC2)C1. The Morgan fingerprint density at radius 2 is 1.85 bits per heavy atom. The van der Waals surface area contributed by atoms with E-state index in [1.807, 2.05) is 0 Å². The summed E-state index contributed by atoms with van der Waals surface area (Å²) in [6.07, 6.45) is 3.08. The minimum atomic E-state index is -4.01. The predicted molar refractivity (Wildman–Crippen MR) is 89.9 cm³/mol. The van der Waals surface area contributed by atoms with Crippen molar-refractivity contribution in [3.05, 3.63) is 18.2 Å². The Labute approximate surface area is 151 Å². The monoisotopic (exact) mass is 380 g/mol. The smallest absolute Gasteiger partial charge is 0.264 e. The number of fused-ring (bicyclic) bond motifs is 1. The van der Waals surface area contributed by atoms with Gasteiger partial charge in [0.15, 0.2) is 11.5 Å². The maximum absolute atomic E-state index is 12.5. The van der Waals surface area contributed by atoms with Crippen molar-refractivity contribution in [1.29, 1.82) is 0 Å². The largest absolute Gasteiger partial charge is 0.454 e. The van der Waals surface area contributed by atoms with Gasteiger partial charge < -0.3 is 14.4 Å². The van der Waals surface area contributed by atoms with Crippen LogP contribution in [0.3, 0.4) is 0 Å². The number of likely N-dealkylation sites (tertiary alicyclic amines) is 1. The summed E-state index contributed by atoms with van der Waals surface area (Å²) in [5, 5.41) is 0. The van der Waals surface area contributed by atoms with Crippen LogP contribution in [0.15, 0.2) is 23.1 Å². The second-order valence-electron chi connectivity index (χ2n) is 6.88. The molecule has 1 aromatic rings. The number of sulfonamides is 1. The minimum Gasteiger partial charge on any atom is -0.454 e. The van der Waals surface area contributed by atoms with Gasteiger partial charge in [0.1, 0.15) is 0 Å². The van der Waals surface area contributed by atoms with E-state index in [0.29, 0.717) is 30.9 Å². The third-order valence-electron chi connectivity index (χ3n) is 4.92. The van der Waals surface area contributed by atoms with Crippen LogP contribution in [0.25, 0.3) is 0 Å². The number of carbonyl (C=O) groups excluding carboxylic acids is 2. The maximum Gasteiger partial charge on any atom is 0.264 e. The van der Waals surface area contributed by atoms with E-state index in [4.69, 9.17) is 9.47 Å². The highest BCUT2D eigenvalue weighted by atomic mass is 32.2. The van der Waals surface area contributed by atoms with Gasteiger partial charge in [0, 0.05) is 25.1 Å². The number of piperidine rings is 1. The Kier molecular flexibility index (Phi) is 4.26. The van der Waals surface area contributed by atoms with Gasteiger partial charge in [0.25, 0.3) is 10.0 Å². The van der Waals surface area contributed by atoms with Crippen molar-refractivity contribution in [1.82, 2.24) is 9.62 Å². The highest BCUT2D eigenvalue weighted by Crippen LogP contribution is 2.34. The van der Waals surface area contributed by atoms with Gasteiger partial charge in [0.2, 0.25) is 18.6 Å². The molecule has 1 saturated carbocycles. The molecule has 1 N–H and O–H groups in total. The minimum absolute atomic E-state index is 0.0398. The number of carbonyl (C=O) groups is 2. The molecule has 2 heterocycles. The van der Waals surface area contributed by atoms with Crippen LogP contribution in [0.4, 0.5) is 0 Å². The number of nitrogens with zero attached hydrogens (tertiary/aromatic N) is 1. The van der Waals surface area contributed by atoms with E-state index in [1.54, 1.807) is 4.90 Å². The first-order valence-electron chi connectivity index (χ1n) is 8.69. The van der Waals surface area contributed by atoms with Crippen LogP contribution in [0, 0.1) is 11.8 Å². The third-order valence-corrected chi connectivity index (χ3v) is 6.26. The highest BCUT2D eigenvalue weighted by Gasteiger charge is 2.37. The zero-order valence-electron chi connectivity index (χ0n) is 14.1. The summed E-state index contributed by atoms with van der Waals surface area (Å²) in [6, 6.07) is 4.20. The van der Waals surface area contributed by atoms with Crippen LogP contribution in [0.5, 0.6) is 11.5 Å². The molecule has 3 aliphatic rings. The van der Waals surface area contributed by atoms with Gasteiger partial charge in [-0.3, -0.25) is 9.59 Å². The summed E-state index contributed by atoms with van der Waals surface area (Å²) in [6.45, 7) is 0.948. The van der Waals surface area contributed by atoms with Gasteiger partial charge in [-0.25, -0.2) is 13.1 Å². The number of benzene rings is 1. The van der Waals surface area contributed by atoms with Crippen molar-refractivity contribution in [3.8, 4) is 11.5 Å². The standard InChI is InChI=1S/C17H20N2O6S/c20-16(12-2-1-7-19(9-12)17(21)11-3-4-11)18-26(22,23)13-5-6-14-15(8-13)25-10-24-14/h5-6,8,11-12H,1-4,7,9-10H2,(H,18,20). The lowest BCUT2D eigenvalue weighted by Crippen LogP contribution is -2.47. The Morgan fingerprint density at radius 1 is 1.08 bits per heavy atom. The molecular formula is C17H20N2O6S. The molecule has 0 bridgehead atoms. The molecule has 2 amide bonds. The van der Waals surface area contributed by atoms with Crippen LogP contribution >= 0.6 is 0 Å². The summed E-state index contributed by atoms with van der Waals surface area (Å²) < 4.78 is 37.5. The molecule has 1 unspecified atom stereocenters. The molecule has 0 aromatic heterocycles. The van der Waals surface area contributed by atoms with Crippen molar-refractivity contribution >= 4 is 21.8 Å². The Balaban J connectivity index is 1.44. The molecule has 8 nitrogen and oxygen atoms in total. The quantitative estimate of drug-likeness (QED) is 0.832. The van der Waals surface area contributed by atoms with E-state index in [-0.39, 0.29) is 30.1 Å². The zero-order chi connectivity index (χ0) is 18.3. The summed E-state index contributed by atoms with van der Waals surface area (Å²) >= 11 is 0. The van der Waals surface area contributed by atoms with Crippen molar-refractivity contribution in [2.45, 2.75) is 30.6 Å². The van der Waals surface area contributed by atoms with Crippen LogP contribution in [0.2, 0.25) is 0 Å². The number of amides is 2. The molecule has 1 saturated heterocycles. The fraction of sp³-hybridized carbons (Fsp3) is 0.529. The van der Waals surface area contributed by atoms with Crippen LogP contribution in [0.1, 0.15) is 25.7 Å². The van der Waals surface area contributed by atoms with Gasteiger partial charge in [-0.05, 0) is 37.8 Å². The third kappa shape index (κ3) is 3.35. The molecule has 9 heteroatoms. The topological polar surface area (TPSA) is 102 Å². The van der Waals surface area contributed by atoms with Crippen molar-refractivity contribution < 1.29 is 27.5 Å². The molecule has 0 spiro atoms. The van der Waals surface area contributed by atoms with E-state index in [9.17, 15) is 18.0 Å². The van der Waals surface area contributed by atoms with E-state index in [2.05, 4.69) is 4.72 Å². The van der Waals surface area contributed by atoms with E-state index in [1.165, 1.54) is 18.2 Å². The zero-order valence-corrected chi connectivity index (χ0v) is 15.0. The lowest BCUT2D eigenvalue weighted by molar-refractivity contribution is -0.136. The molecule has 1 aromatic carbocycles. The van der Waals surface area contributed by atoms with Gasteiger partial charge >= 0.3 is 0 Å². The van der Waals surface area contributed by atoms with Crippen molar-refractivity contribution in [2.75, 3.05) is 19.9 Å². The molecule has 140 valence electrons. The Morgan fingerprint density at radius 3 is 2.62 bits per heavy atom. The van der Waals surface area contributed by atoms with E-state index < -0.39 is 21.8 Å². The van der Waals surface area contributed by atoms with Gasteiger partial charge in [-0.1, -0.05) is 0 Å². The molecule has 26 heavy (non-hydrogen) atoms. The van der Waals surface area contributed by atoms with Crippen LogP contribution in [-0.4, -0.2) is 45.0 Å². The van der Waals surface area contributed by atoms with Gasteiger partial charge in [-0.2, -0.15) is 0 Å². The average molecular weight is 380 g/mol. The predicted octanol–water partition coefficient (Wildman–Crippen LogP) is 0.869. The van der Waals surface area contributed by atoms with Crippen molar-refractivity contribution in [3.63, 3.8) is 0 Å². The highest BCUT2D eigenvalue weighted by molar-refractivity contribution is 7.90. The number of ether oxygens (including phenoxy) is 2.